The lowest BCUT2D eigenvalue weighted by Crippen LogP contribution is -2.32. The maximum Gasteiger partial charge on any atom is 0.291 e. The number of unbranched alkanes of at least 4 members (excludes halogenated alkanes) is 4. The van der Waals surface area contributed by atoms with E-state index < -0.39 is 0 Å². The van der Waals surface area contributed by atoms with Crippen LogP contribution in [0.3, 0.4) is 0 Å². The van der Waals surface area contributed by atoms with Crippen LogP contribution >= 0.6 is 46.8 Å². The van der Waals surface area contributed by atoms with Gasteiger partial charge in [0.15, 0.2) is 5.82 Å². The number of aromatic nitrogens is 3. The van der Waals surface area contributed by atoms with Gasteiger partial charge >= 0.3 is 0 Å². The van der Waals surface area contributed by atoms with E-state index in [0.29, 0.717) is 20.3 Å². The number of fused-ring (bicyclic) bond motifs is 2. The van der Waals surface area contributed by atoms with Crippen LogP contribution in [0.4, 0.5) is 5.69 Å². The van der Waals surface area contributed by atoms with Crippen molar-refractivity contribution in [1.29, 1.82) is 0 Å². The van der Waals surface area contributed by atoms with Gasteiger partial charge in [-0.05, 0) is 29.9 Å². The van der Waals surface area contributed by atoms with Crippen LogP contribution in [0.5, 0.6) is 0 Å². The number of thiocarbonyl (C=S) groups is 1. The van der Waals surface area contributed by atoms with E-state index >= 15 is 0 Å². The maximum absolute atomic E-state index is 13.5. The van der Waals surface area contributed by atoms with Crippen LogP contribution < -0.4 is 15.0 Å². The number of benzene rings is 1. The average Bonchev–Trinajstić information content (AvgIpc) is 3.13. The van der Waals surface area contributed by atoms with Crippen molar-refractivity contribution in [2.24, 2.45) is 11.3 Å². The third kappa shape index (κ3) is 4.35. The average molecular weight is 548 g/mol. The molecule has 3 aromatic rings. The Bertz CT molecular complexity index is 1440. The van der Waals surface area contributed by atoms with Crippen LogP contribution in [-0.2, 0) is 0 Å². The van der Waals surface area contributed by atoms with Gasteiger partial charge in [-0.2, -0.15) is 4.52 Å². The van der Waals surface area contributed by atoms with Crippen molar-refractivity contribution in [2.45, 2.75) is 58.8 Å². The first kappa shape index (κ1) is 24.9. The second-order valence-electron chi connectivity index (χ2n) is 9.95. The molecule has 2 atom stereocenters. The van der Waals surface area contributed by atoms with Crippen molar-refractivity contribution >= 4 is 68.0 Å². The predicted molar refractivity (Wildman–Crippen MR) is 150 cm³/mol. The molecule has 5 rings (SSSR count). The van der Waals surface area contributed by atoms with Gasteiger partial charge in [-0.25, -0.2) is 4.98 Å². The number of hydrogen-bond donors (Lipinski definition) is 0. The highest BCUT2D eigenvalue weighted by molar-refractivity contribution is 7.81. The van der Waals surface area contributed by atoms with Gasteiger partial charge in [0, 0.05) is 29.3 Å². The lowest BCUT2D eigenvalue weighted by molar-refractivity contribution is 0.585. The molecule has 2 aromatic heterocycles. The monoisotopic (exact) mass is 546 g/mol. The summed E-state index contributed by atoms with van der Waals surface area (Å²) in [7, 11) is 0. The fourth-order valence-electron chi connectivity index (χ4n) is 5.24. The van der Waals surface area contributed by atoms with Crippen LogP contribution in [0.1, 0.15) is 70.2 Å². The van der Waals surface area contributed by atoms with Crippen molar-refractivity contribution in [3.8, 4) is 0 Å². The van der Waals surface area contributed by atoms with Gasteiger partial charge in [-0.3, -0.25) is 4.79 Å². The predicted octanol–water partition coefficient (Wildman–Crippen LogP) is 6.25. The molecule has 0 bridgehead atoms. The molecule has 184 valence electrons. The molecule has 9 heteroatoms. The second-order valence-corrected chi connectivity index (χ2v) is 12.3. The summed E-state index contributed by atoms with van der Waals surface area (Å²) in [4.78, 5) is 21.7. The smallest absolute Gasteiger partial charge is 0.291 e. The first-order valence-electron chi connectivity index (χ1n) is 12.1. The Morgan fingerprint density at radius 3 is 2.66 bits per heavy atom. The van der Waals surface area contributed by atoms with Gasteiger partial charge in [0.2, 0.25) is 4.96 Å². The SMILES string of the molecule is CCCCCCCN1C(=S)/C(=c2\sc3nc([C@H]4[C@@H](C=C(Cl)Cl)C4(C)C)nn3c2=O)c2ccccc21. The van der Waals surface area contributed by atoms with Crippen molar-refractivity contribution in [3.63, 3.8) is 0 Å². The topological polar surface area (TPSA) is 50.5 Å². The first-order chi connectivity index (χ1) is 16.8. The van der Waals surface area contributed by atoms with Gasteiger partial charge < -0.3 is 4.90 Å². The largest absolute Gasteiger partial charge is 0.332 e. The van der Waals surface area contributed by atoms with E-state index in [1.54, 1.807) is 0 Å². The molecule has 0 spiro atoms. The van der Waals surface area contributed by atoms with Crippen LogP contribution in [-0.4, -0.2) is 26.1 Å². The molecule has 0 radical (unpaired) electrons. The Morgan fingerprint density at radius 1 is 1.20 bits per heavy atom. The van der Waals surface area contributed by atoms with Crippen LogP contribution in [0.2, 0.25) is 0 Å². The molecule has 1 aliphatic heterocycles. The number of allylic oxidation sites excluding steroid dienone is 1. The second kappa shape index (κ2) is 9.58. The molecular formula is C26H28Cl2N4OS2. The summed E-state index contributed by atoms with van der Waals surface area (Å²) in [5.41, 5.74) is 2.69. The van der Waals surface area contributed by atoms with E-state index in [1.807, 2.05) is 24.3 Å². The van der Waals surface area contributed by atoms with E-state index in [9.17, 15) is 4.79 Å². The highest BCUT2D eigenvalue weighted by Crippen LogP contribution is 2.64. The summed E-state index contributed by atoms with van der Waals surface area (Å²) in [5.74, 6) is 0.886. The molecule has 0 amide bonds. The quantitative estimate of drug-likeness (QED) is 0.247. The Morgan fingerprint density at radius 2 is 1.94 bits per heavy atom. The molecule has 1 fully saturated rings. The number of rotatable bonds is 8. The molecule has 1 saturated carbocycles. The molecule has 35 heavy (non-hydrogen) atoms. The Hall–Kier alpha value is -1.80. The van der Waals surface area contributed by atoms with E-state index in [-0.39, 0.29) is 27.3 Å². The van der Waals surface area contributed by atoms with Gasteiger partial charge in [-0.15, -0.1) is 5.10 Å². The lowest BCUT2D eigenvalue weighted by atomic mass is 10.1. The minimum atomic E-state index is -0.165. The lowest BCUT2D eigenvalue weighted by Gasteiger charge is -2.19. The zero-order valence-electron chi connectivity index (χ0n) is 20.1. The number of para-hydroxylation sites is 1. The van der Waals surface area contributed by atoms with Crippen molar-refractivity contribution in [3.05, 3.63) is 61.1 Å². The molecule has 3 heterocycles. The van der Waals surface area contributed by atoms with Gasteiger partial charge in [0.25, 0.3) is 5.56 Å². The summed E-state index contributed by atoms with van der Waals surface area (Å²) in [6.07, 6.45) is 7.81. The molecule has 1 aliphatic carbocycles. The van der Waals surface area contributed by atoms with Gasteiger partial charge in [-0.1, -0.05) is 111 Å². The Labute approximate surface area is 224 Å². The molecule has 5 nitrogen and oxygen atoms in total. The number of nitrogens with zero attached hydrogens (tertiary/aromatic N) is 4. The zero-order valence-corrected chi connectivity index (χ0v) is 23.2. The number of hydrogen-bond acceptors (Lipinski definition) is 5. The normalized spacial score (nSPS) is 22.1. The molecule has 2 aliphatic rings. The van der Waals surface area contributed by atoms with E-state index in [4.69, 9.17) is 40.4 Å². The standard InChI is InChI=1S/C26H28Cl2N4OS2/c1-4-5-6-7-10-13-31-17-12-9-8-11-15(17)19(24(31)34)21-23(33)32-25(35-21)29-22(30-32)20-16(14-18(27)28)26(20,2)3/h8-9,11-12,14,16,20H,4-7,10,13H2,1-3H3/b21-19-/t16-,20-/m1/s1. The fraction of sp³-hybridized carbons (Fsp3) is 0.462. The molecule has 0 unspecified atom stereocenters. The maximum atomic E-state index is 13.5. The number of thiazole rings is 1. The summed E-state index contributed by atoms with van der Waals surface area (Å²) in [6.45, 7) is 7.35. The zero-order chi connectivity index (χ0) is 24.9. The van der Waals surface area contributed by atoms with E-state index in [1.165, 1.54) is 41.5 Å². The van der Waals surface area contributed by atoms with Crippen LogP contribution in [0.25, 0.3) is 10.5 Å². The fourth-order valence-corrected chi connectivity index (χ4v) is 7.00. The highest BCUT2D eigenvalue weighted by atomic mass is 35.5. The summed E-state index contributed by atoms with van der Waals surface area (Å²) < 4.78 is 2.28. The summed E-state index contributed by atoms with van der Waals surface area (Å²) in [6, 6.07) is 8.16. The van der Waals surface area contributed by atoms with E-state index in [2.05, 4.69) is 36.8 Å². The molecular weight excluding hydrogens is 519 g/mol. The molecule has 0 saturated heterocycles. The number of anilines is 1. The third-order valence-corrected chi connectivity index (χ3v) is 9.01. The van der Waals surface area contributed by atoms with E-state index in [0.717, 1.165) is 29.8 Å². The third-order valence-electron chi connectivity index (χ3n) is 7.30. The van der Waals surface area contributed by atoms with Gasteiger partial charge in [0.05, 0.1) is 0 Å². The minimum Gasteiger partial charge on any atom is -0.332 e. The summed E-state index contributed by atoms with van der Waals surface area (Å²) >= 11 is 19.1. The molecule has 0 N–H and O–H groups in total. The highest BCUT2D eigenvalue weighted by Gasteiger charge is 2.59. The van der Waals surface area contributed by atoms with Crippen molar-refractivity contribution in [1.82, 2.24) is 14.6 Å². The molecule has 1 aromatic carbocycles. The number of halogens is 2. The Kier molecular flexibility index (Phi) is 6.81. The van der Waals surface area contributed by atoms with Crippen molar-refractivity contribution in [2.75, 3.05) is 11.4 Å². The Balaban J connectivity index is 1.51. The van der Waals surface area contributed by atoms with Crippen LogP contribution in [0.15, 0.2) is 39.6 Å². The van der Waals surface area contributed by atoms with Crippen LogP contribution in [0, 0.1) is 11.3 Å². The van der Waals surface area contributed by atoms with Gasteiger partial charge in [0.1, 0.15) is 14.0 Å². The van der Waals surface area contributed by atoms with Crippen molar-refractivity contribution < 1.29 is 0 Å². The first-order valence-corrected chi connectivity index (χ1v) is 14.1. The minimum absolute atomic E-state index is 0.0592. The summed E-state index contributed by atoms with van der Waals surface area (Å²) in [5, 5.41) is 4.62.